The van der Waals surface area contributed by atoms with Gasteiger partial charge in [-0.05, 0) is 0 Å². The quantitative estimate of drug-likeness (QED) is 0.776. The summed E-state index contributed by atoms with van der Waals surface area (Å²) < 4.78 is 10.5. The van der Waals surface area contributed by atoms with Crippen molar-refractivity contribution in [2.75, 3.05) is 14.2 Å². The summed E-state index contributed by atoms with van der Waals surface area (Å²) in [6, 6.07) is 3.67. The van der Waals surface area contributed by atoms with Gasteiger partial charge in [0.2, 0.25) is 0 Å². The highest BCUT2D eigenvalue weighted by Crippen LogP contribution is 2.32. The summed E-state index contributed by atoms with van der Waals surface area (Å²) in [5, 5.41) is 0. The highest BCUT2D eigenvalue weighted by atomic mass is 16.5. The molecule has 0 aliphatic carbocycles. The van der Waals surface area contributed by atoms with Gasteiger partial charge in [0.15, 0.2) is 17.3 Å². The van der Waals surface area contributed by atoms with Crippen LogP contribution in [-0.2, 0) is 0 Å². The van der Waals surface area contributed by atoms with Crippen LogP contribution in [0.4, 0.5) is 0 Å². The Morgan fingerprint density at radius 2 is 1.84 bits per heavy atom. The van der Waals surface area contributed by atoms with Crippen molar-refractivity contribution in [3.05, 3.63) is 30.7 Å². The molecule has 0 aliphatic heterocycles. The van der Waals surface area contributed by atoms with E-state index in [0.717, 1.165) is 11.0 Å². The Morgan fingerprint density at radius 3 is 2.53 bits per heavy atom. The number of aromatic amines is 1. The van der Waals surface area contributed by atoms with Gasteiger partial charge in [0.25, 0.3) is 0 Å². The van der Waals surface area contributed by atoms with Crippen molar-refractivity contribution >= 4 is 11.0 Å². The van der Waals surface area contributed by atoms with E-state index in [9.17, 15) is 0 Å². The molecule has 0 saturated heterocycles. The lowest BCUT2D eigenvalue weighted by atomic mass is 10.3. The molecule has 0 aliphatic rings. The Labute approximate surface area is 109 Å². The molecule has 2 heterocycles. The SMILES string of the molecule is COc1cc2nc(-c3cnccn3)[nH]c2cc1OC. The second kappa shape index (κ2) is 4.56. The Bertz CT molecular complexity index is 668. The number of rotatable bonds is 3. The van der Waals surface area contributed by atoms with E-state index < -0.39 is 0 Å². The number of benzene rings is 1. The van der Waals surface area contributed by atoms with E-state index in [1.165, 1.54) is 0 Å². The van der Waals surface area contributed by atoms with Gasteiger partial charge in [-0.1, -0.05) is 0 Å². The molecule has 0 radical (unpaired) electrons. The predicted octanol–water partition coefficient (Wildman–Crippen LogP) is 2.04. The highest BCUT2D eigenvalue weighted by Gasteiger charge is 2.11. The van der Waals surface area contributed by atoms with E-state index in [4.69, 9.17) is 9.47 Å². The predicted molar refractivity (Wildman–Crippen MR) is 70.2 cm³/mol. The van der Waals surface area contributed by atoms with Crippen molar-refractivity contribution in [3.8, 4) is 23.0 Å². The van der Waals surface area contributed by atoms with E-state index in [2.05, 4.69) is 19.9 Å². The topological polar surface area (TPSA) is 72.9 Å². The Kier molecular flexibility index (Phi) is 2.75. The molecule has 96 valence electrons. The third-order valence-corrected chi connectivity index (χ3v) is 2.79. The van der Waals surface area contributed by atoms with Gasteiger partial charge in [-0.25, -0.2) is 9.97 Å². The van der Waals surface area contributed by atoms with Crippen LogP contribution in [0.15, 0.2) is 30.7 Å². The van der Waals surface area contributed by atoms with Crippen LogP contribution in [0, 0.1) is 0 Å². The number of imidazole rings is 1. The van der Waals surface area contributed by atoms with Crippen LogP contribution in [0.25, 0.3) is 22.6 Å². The normalized spacial score (nSPS) is 10.6. The Morgan fingerprint density at radius 1 is 1.05 bits per heavy atom. The molecule has 0 fully saturated rings. The summed E-state index contributed by atoms with van der Waals surface area (Å²) in [5.41, 5.74) is 2.34. The second-order valence-corrected chi connectivity index (χ2v) is 3.90. The molecule has 0 saturated carbocycles. The maximum Gasteiger partial charge on any atom is 0.163 e. The first-order chi connectivity index (χ1) is 9.31. The van der Waals surface area contributed by atoms with Crippen LogP contribution >= 0.6 is 0 Å². The van der Waals surface area contributed by atoms with Crippen LogP contribution in [0.2, 0.25) is 0 Å². The molecule has 0 unspecified atom stereocenters. The summed E-state index contributed by atoms with van der Waals surface area (Å²) in [6.45, 7) is 0. The van der Waals surface area contributed by atoms with Gasteiger partial charge in [0, 0.05) is 24.5 Å². The number of methoxy groups -OCH3 is 2. The van der Waals surface area contributed by atoms with Crippen molar-refractivity contribution in [1.82, 2.24) is 19.9 Å². The number of aromatic nitrogens is 4. The number of H-pyrrole nitrogens is 1. The van der Waals surface area contributed by atoms with Crippen molar-refractivity contribution in [3.63, 3.8) is 0 Å². The van der Waals surface area contributed by atoms with Crippen molar-refractivity contribution in [2.45, 2.75) is 0 Å². The average Bonchev–Trinajstić information content (AvgIpc) is 2.89. The van der Waals surface area contributed by atoms with Gasteiger partial charge < -0.3 is 14.5 Å². The van der Waals surface area contributed by atoms with Gasteiger partial charge in [0.05, 0.1) is 31.4 Å². The zero-order valence-electron chi connectivity index (χ0n) is 10.5. The smallest absolute Gasteiger partial charge is 0.163 e. The number of nitrogens with one attached hydrogen (secondary N) is 1. The van der Waals surface area contributed by atoms with Crippen LogP contribution in [-0.4, -0.2) is 34.2 Å². The lowest BCUT2D eigenvalue weighted by Gasteiger charge is -2.06. The summed E-state index contributed by atoms with van der Waals surface area (Å²) in [5.74, 6) is 1.97. The maximum atomic E-state index is 5.26. The highest BCUT2D eigenvalue weighted by molar-refractivity contribution is 5.82. The minimum absolute atomic E-state index is 0.646. The molecule has 3 aromatic rings. The van der Waals surface area contributed by atoms with Crippen molar-refractivity contribution < 1.29 is 9.47 Å². The van der Waals surface area contributed by atoms with E-state index in [-0.39, 0.29) is 0 Å². The molecule has 19 heavy (non-hydrogen) atoms. The van der Waals surface area contributed by atoms with E-state index in [1.807, 2.05) is 12.1 Å². The molecule has 0 amide bonds. The molecule has 2 aromatic heterocycles. The van der Waals surface area contributed by atoms with Crippen molar-refractivity contribution in [1.29, 1.82) is 0 Å². The zero-order valence-corrected chi connectivity index (χ0v) is 10.5. The maximum absolute atomic E-state index is 5.26. The lowest BCUT2D eigenvalue weighted by molar-refractivity contribution is 0.356. The molecule has 6 nitrogen and oxygen atoms in total. The summed E-state index contributed by atoms with van der Waals surface area (Å²) in [6.07, 6.45) is 4.91. The molecule has 3 rings (SSSR count). The number of hydrogen-bond acceptors (Lipinski definition) is 5. The third-order valence-electron chi connectivity index (χ3n) is 2.79. The van der Waals surface area contributed by atoms with Crippen LogP contribution < -0.4 is 9.47 Å². The number of hydrogen-bond donors (Lipinski definition) is 1. The second-order valence-electron chi connectivity index (χ2n) is 3.90. The van der Waals surface area contributed by atoms with Crippen LogP contribution in [0.1, 0.15) is 0 Å². The fourth-order valence-electron chi connectivity index (χ4n) is 1.88. The lowest BCUT2D eigenvalue weighted by Crippen LogP contribution is -1.89. The first-order valence-electron chi connectivity index (χ1n) is 5.70. The molecule has 0 atom stereocenters. The minimum Gasteiger partial charge on any atom is -0.493 e. The fraction of sp³-hybridized carbons (Fsp3) is 0.154. The fourth-order valence-corrected chi connectivity index (χ4v) is 1.88. The number of ether oxygens (including phenoxy) is 2. The molecule has 0 bridgehead atoms. The van der Waals surface area contributed by atoms with Gasteiger partial charge in [-0.3, -0.25) is 4.98 Å². The average molecular weight is 256 g/mol. The van der Waals surface area contributed by atoms with Gasteiger partial charge in [-0.15, -0.1) is 0 Å². The molecule has 0 spiro atoms. The summed E-state index contributed by atoms with van der Waals surface area (Å²) in [7, 11) is 3.20. The van der Waals surface area contributed by atoms with E-state index in [0.29, 0.717) is 23.0 Å². The molecule has 1 N–H and O–H groups in total. The summed E-state index contributed by atoms with van der Waals surface area (Å²) >= 11 is 0. The Balaban J connectivity index is 2.16. The monoisotopic (exact) mass is 256 g/mol. The molecule has 1 aromatic carbocycles. The van der Waals surface area contributed by atoms with Gasteiger partial charge in [0.1, 0.15) is 5.69 Å². The number of fused-ring (bicyclic) bond motifs is 1. The first kappa shape index (κ1) is 11.5. The van der Waals surface area contributed by atoms with E-state index >= 15 is 0 Å². The first-order valence-corrected chi connectivity index (χ1v) is 5.70. The van der Waals surface area contributed by atoms with E-state index in [1.54, 1.807) is 32.8 Å². The molecule has 6 heteroatoms. The Hall–Kier alpha value is -2.63. The standard InChI is InChI=1S/C13H12N4O2/c1-18-11-5-8-9(6-12(11)19-2)17-13(16-8)10-7-14-3-4-15-10/h3-7H,1-2H3,(H,16,17). The van der Waals surface area contributed by atoms with Crippen LogP contribution in [0.3, 0.4) is 0 Å². The third kappa shape index (κ3) is 1.97. The van der Waals surface area contributed by atoms with Crippen LogP contribution in [0.5, 0.6) is 11.5 Å². The number of nitrogens with zero attached hydrogens (tertiary/aromatic N) is 3. The summed E-state index contributed by atoms with van der Waals surface area (Å²) in [4.78, 5) is 15.9. The molecular formula is C13H12N4O2. The molecular weight excluding hydrogens is 244 g/mol. The van der Waals surface area contributed by atoms with Crippen molar-refractivity contribution in [2.24, 2.45) is 0 Å². The van der Waals surface area contributed by atoms with Gasteiger partial charge in [-0.2, -0.15) is 0 Å². The minimum atomic E-state index is 0.646. The zero-order chi connectivity index (χ0) is 13.2. The largest absolute Gasteiger partial charge is 0.493 e. The van der Waals surface area contributed by atoms with Gasteiger partial charge >= 0.3 is 0 Å².